The first-order valence-corrected chi connectivity index (χ1v) is 9.67. The van der Waals surface area contributed by atoms with Crippen LogP contribution >= 0.6 is 0 Å². The van der Waals surface area contributed by atoms with Gasteiger partial charge in [-0.25, -0.2) is 17.4 Å². The summed E-state index contributed by atoms with van der Waals surface area (Å²) in [4.78, 5) is 4.46. The lowest BCUT2D eigenvalue weighted by Crippen LogP contribution is -2.14. The van der Waals surface area contributed by atoms with Crippen LogP contribution in [0, 0.1) is 0 Å². The van der Waals surface area contributed by atoms with Gasteiger partial charge in [-0.1, -0.05) is 31.2 Å². The van der Waals surface area contributed by atoms with Gasteiger partial charge in [0.1, 0.15) is 0 Å². The van der Waals surface area contributed by atoms with E-state index in [4.69, 9.17) is 9.47 Å². The molecule has 26 heavy (non-hydrogen) atoms. The summed E-state index contributed by atoms with van der Waals surface area (Å²) in [5.74, 6) is 1.29. The first-order valence-electron chi connectivity index (χ1n) is 8.23. The van der Waals surface area contributed by atoms with Crippen LogP contribution in [0.5, 0.6) is 11.5 Å². The molecule has 0 aliphatic carbocycles. The van der Waals surface area contributed by atoms with Crippen LogP contribution in [-0.2, 0) is 10.0 Å². The maximum atomic E-state index is 13.0. The van der Waals surface area contributed by atoms with E-state index in [9.17, 15) is 8.42 Å². The van der Waals surface area contributed by atoms with Gasteiger partial charge in [-0.2, -0.15) is 0 Å². The number of benzene rings is 2. The van der Waals surface area contributed by atoms with E-state index in [1.165, 1.54) is 12.4 Å². The summed E-state index contributed by atoms with van der Waals surface area (Å²) in [6.45, 7) is 2.48. The molecule has 6 nitrogen and oxygen atoms in total. The molecule has 0 radical (unpaired) electrons. The molecule has 0 spiro atoms. The van der Waals surface area contributed by atoms with Crippen molar-refractivity contribution in [3.8, 4) is 22.9 Å². The Bertz CT molecular complexity index is 982. The average Bonchev–Trinajstić information content (AvgIpc) is 3.17. The Labute approximate surface area is 153 Å². The number of hydrogen-bond acceptors (Lipinski definition) is 5. The molecular weight excluding hydrogens is 352 g/mol. The monoisotopic (exact) mass is 372 g/mol. The highest BCUT2D eigenvalue weighted by atomic mass is 32.2. The molecule has 7 heteroatoms. The van der Waals surface area contributed by atoms with Crippen LogP contribution in [0.25, 0.3) is 11.4 Å². The Morgan fingerprint density at radius 1 is 1.08 bits per heavy atom. The van der Waals surface area contributed by atoms with Crippen LogP contribution in [0.4, 0.5) is 0 Å². The lowest BCUT2D eigenvalue weighted by atomic mass is 10.1. The highest BCUT2D eigenvalue weighted by Gasteiger charge is 2.24. The molecular formula is C19H20N2O4S. The molecule has 0 N–H and O–H groups in total. The Kier molecular flexibility index (Phi) is 5.27. The summed E-state index contributed by atoms with van der Waals surface area (Å²) >= 11 is 0. The Morgan fingerprint density at radius 2 is 1.85 bits per heavy atom. The van der Waals surface area contributed by atoms with Gasteiger partial charge in [0, 0.05) is 12.4 Å². The van der Waals surface area contributed by atoms with Crippen LogP contribution in [0.1, 0.15) is 13.3 Å². The lowest BCUT2D eigenvalue weighted by Gasteiger charge is -2.15. The minimum absolute atomic E-state index is 0.193. The highest BCUT2D eigenvalue weighted by molar-refractivity contribution is 7.90. The van der Waals surface area contributed by atoms with Gasteiger partial charge in [0.15, 0.2) is 17.3 Å². The number of aromatic nitrogens is 2. The van der Waals surface area contributed by atoms with Crippen molar-refractivity contribution in [2.75, 3.05) is 13.7 Å². The van der Waals surface area contributed by atoms with Gasteiger partial charge in [0.25, 0.3) is 10.0 Å². The zero-order valence-corrected chi connectivity index (χ0v) is 15.4. The Hall–Kier alpha value is -2.80. The zero-order valence-electron chi connectivity index (χ0n) is 14.6. The fourth-order valence-electron chi connectivity index (χ4n) is 2.59. The predicted octanol–water partition coefficient (Wildman–Crippen LogP) is 3.58. The van der Waals surface area contributed by atoms with Crippen molar-refractivity contribution in [3.63, 3.8) is 0 Å². The number of nitrogens with zero attached hydrogens (tertiary/aromatic N) is 2. The molecule has 1 aromatic heterocycles. The van der Waals surface area contributed by atoms with E-state index in [1.807, 2.05) is 6.92 Å². The minimum Gasteiger partial charge on any atom is -0.493 e. The van der Waals surface area contributed by atoms with E-state index in [-0.39, 0.29) is 10.7 Å². The SMILES string of the molecule is CCCOc1c(OC)cccc1-c1nccn1S(=O)(=O)c1ccccc1. The summed E-state index contributed by atoms with van der Waals surface area (Å²) in [6, 6.07) is 13.6. The van der Waals surface area contributed by atoms with E-state index in [0.29, 0.717) is 23.7 Å². The molecule has 0 atom stereocenters. The molecule has 0 fully saturated rings. The van der Waals surface area contributed by atoms with Crippen LogP contribution in [0.15, 0.2) is 65.8 Å². The standard InChI is InChI=1S/C19H20N2O4S/c1-3-14-25-18-16(10-7-11-17(18)24-2)19-20-12-13-21(19)26(22,23)15-8-5-4-6-9-15/h4-13H,3,14H2,1-2H3. The number of hydrogen-bond donors (Lipinski definition) is 0. The molecule has 0 aliphatic heterocycles. The van der Waals surface area contributed by atoms with Crippen LogP contribution in [0.3, 0.4) is 0 Å². The van der Waals surface area contributed by atoms with E-state index in [1.54, 1.807) is 55.6 Å². The maximum absolute atomic E-state index is 13.0. The van der Waals surface area contributed by atoms with Crippen molar-refractivity contribution in [1.29, 1.82) is 0 Å². The molecule has 0 amide bonds. The largest absolute Gasteiger partial charge is 0.493 e. The van der Waals surface area contributed by atoms with Crippen molar-refractivity contribution >= 4 is 10.0 Å². The Morgan fingerprint density at radius 3 is 2.54 bits per heavy atom. The zero-order chi connectivity index (χ0) is 18.6. The Balaban J connectivity index is 2.15. The third-order valence-corrected chi connectivity index (χ3v) is 5.48. The summed E-state index contributed by atoms with van der Waals surface area (Å²) in [5.41, 5.74) is 0.558. The number of ether oxygens (including phenoxy) is 2. The molecule has 0 bridgehead atoms. The van der Waals surface area contributed by atoms with Crippen molar-refractivity contribution in [2.45, 2.75) is 18.2 Å². The number of methoxy groups -OCH3 is 1. The first kappa shape index (κ1) is 18.0. The maximum Gasteiger partial charge on any atom is 0.269 e. The molecule has 0 unspecified atom stereocenters. The van der Waals surface area contributed by atoms with Crippen molar-refractivity contribution in [1.82, 2.24) is 8.96 Å². The smallest absolute Gasteiger partial charge is 0.269 e. The van der Waals surface area contributed by atoms with Gasteiger partial charge in [-0.3, -0.25) is 0 Å². The fourth-order valence-corrected chi connectivity index (χ4v) is 3.90. The van der Waals surface area contributed by atoms with Crippen molar-refractivity contribution < 1.29 is 17.9 Å². The van der Waals surface area contributed by atoms with Gasteiger partial charge in [-0.05, 0) is 30.7 Å². The number of para-hydroxylation sites is 1. The van der Waals surface area contributed by atoms with Gasteiger partial charge in [0.2, 0.25) is 0 Å². The van der Waals surface area contributed by atoms with E-state index < -0.39 is 10.0 Å². The normalized spacial score (nSPS) is 11.3. The molecule has 3 rings (SSSR count). The van der Waals surface area contributed by atoms with E-state index in [0.717, 1.165) is 10.4 Å². The third-order valence-electron chi connectivity index (χ3n) is 3.80. The van der Waals surface area contributed by atoms with Crippen molar-refractivity contribution in [2.24, 2.45) is 0 Å². The highest BCUT2D eigenvalue weighted by Crippen LogP contribution is 2.38. The molecule has 0 aliphatic rings. The van der Waals surface area contributed by atoms with Crippen molar-refractivity contribution in [3.05, 3.63) is 60.9 Å². The summed E-state index contributed by atoms with van der Waals surface area (Å²) in [7, 11) is -2.23. The van der Waals surface area contributed by atoms with Gasteiger partial charge in [-0.15, -0.1) is 0 Å². The quantitative estimate of drug-likeness (QED) is 0.634. The van der Waals surface area contributed by atoms with Crippen LogP contribution in [-0.4, -0.2) is 31.1 Å². The fraction of sp³-hybridized carbons (Fsp3) is 0.211. The molecule has 3 aromatic rings. The summed E-state index contributed by atoms with van der Waals surface area (Å²) in [5, 5.41) is 0. The molecule has 136 valence electrons. The summed E-state index contributed by atoms with van der Waals surface area (Å²) < 4.78 is 38.4. The first-order chi connectivity index (χ1) is 12.6. The summed E-state index contributed by atoms with van der Waals surface area (Å²) in [6.07, 6.45) is 3.70. The van der Waals surface area contributed by atoms with Gasteiger partial charge in [0.05, 0.1) is 24.2 Å². The van der Waals surface area contributed by atoms with E-state index in [2.05, 4.69) is 4.98 Å². The number of imidazole rings is 1. The van der Waals surface area contributed by atoms with E-state index >= 15 is 0 Å². The second kappa shape index (κ2) is 7.61. The molecule has 2 aromatic carbocycles. The second-order valence-electron chi connectivity index (χ2n) is 5.55. The second-order valence-corrected chi connectivity index (χ2v) is 7.37. The van der Waals surface area contributed by atoms with Gasteiger partial charge >= 0.3 is 0 Å². The lowest BCUT2D eigenvalue weighted by molar-refractivity contribution is 0.295. The van der Waals surface area contributed by atoms with Crippen LogP contribution in [0.2, 0.25) is 0 Å². The third kappa shape index (κ3) is 3.30. The predicted molar refractivity (Wildman–Crippen MR) is 99.0 cm³/mol. The minimum atomic E-state index is -3.77. The topological polar surface area (TPSA) is 70.4 Å². The average molecular weight is 372 g/mol. The molecule has 0 saturated carbocycles. The molecule has 1 heterocycles. The van der Waals surface area contributed by atoms with Crippen LogP contribution < -0.4 is 9.47 Å². The molecule has 0 saturated heterocycles. The number of rotatable bonds is 7. The van der Waals surface area contributed by atoms with Gasteiger partial charge < -0.3 is 9.47 Å².